The molecule has 0 aliphatic carbocycles. The summed E-state index contributed by atoms with van der Waals surface area (Å²) in [6.07, 6.45) is 5.01. The van der Waals surface area contributed by atoms with Gasteiger partial charge >= 0.3 is 0 Å². The molecule has 0 bridgehead atoms. The summed E-state index contributed by atoms with van der Waals surface area (Å²) in [4.78, 5) is 0. The summed E-state index contributed by atoms with van der Waals surface area (Å²) in [6, 6.07) is 6.23. The normalized spacial score (nSPS) is 22.9. The molecular weight excluding hydrogens is 218 g/mol. The van der Waals surface area contributed by atoms with E-state index in [1.807, 2.05) is 6.07 Å². The highest BCUT2D eigenvalue weighted by atomic mass is 35.5. The molecule has 1 aromatic rings. The van der Waals surface area contributed by atoms with Gasteiger partial charge in [-0.3, -0.25) is 0 Å². The molecule has 1 heterocycles. The summed E-state index contributed by atoms with van der Waals surface area (Å²) in [5.41, 5.74) is 3.02. The first-order valence-electron chi connectivity index (χ1n) is 6.26. The second kappa shape index (κ2) is 4.67. The van der Waals surface area contributed by atoms with Gasteiger partial charge in [0.25, 0.3) is 0 Å². The Labute approximate surface area is 103 Å². The Morgan fingerprint density at radius 2 is 2.19 bits per heavy atom. The summed E-state index contributed by atoms with van der Waals surface area (Å²) in [7, 11) is 0. The molecule has 0 radical (unpaired) electrons. The Bertz CT molecular complexity index is 375. The van der Waals surface area contributed by atoms with Crippen molar-refractivity contribution >= 4 is 17.3 Å². The van der Waals surface area contributed by atoms with Gasteiger partial charge in [-0.25, -0.2) is 0 Å². The van der Waals surface area contributed by atoms with Crippen molar-refractivity contribution in [3.05, 3.63) is 28.8 Å². The van der Waals surface area contributed by atoms with Crippen molar-refractivity contribution in [3.63, 3.8) is 0 Å². The second-order valence-electron chi connectivity index (χ2n) is 4.78. The maximum absolute atomic E-state index is 6.11. The number of nitrogens with one attached hydrogen (secondary N) is 1. The Kier molecular flexibility index (Phi) is 3.44. The zero-order chi connectivity index (χ0) is 11.6. The van der Waals surface area contributed by atoms with Crippen LogP contribution in [0.25, 0.3) is 0 Å². The van der Waals surface area contributed by atoms with Crippen LogP contribution < -0.4 is 5.32 Å². The fourth-order valence-electron chi connectivity index (χ4n) is 2.70. The summed E-state index contributed by atoms with van der Waals surface area (Å²) in [6.45, 7) is 5.61. The standard InChI is InChI=1S/C14H20ClN/c1-3-5-8-14(4-2)10-16-13-7-6-11(15)9-12(13)14/h6-7,9,16H,3-5,8,10H2,1-2H3. The molecule has 2 heteroatoms. The zero-order valence-electron chi connectivity index (χ0n) is 10.1. The number of anilines is 1. The van der Waals surface area contributed by atoms with Crippen LogP contribution in [0, 0.1) is 0 Å². The third-order valence-corrected chi connectivity index (χ3v) is 4.09. The molecule has 0 saturated heterocycles. The predicted molar refractivity (Wildman–Crippen MR) is 71.4 cm³/mol. The average molecular weight is 238 g/mol. The highest BCUT2D eigenvalue weighted by Crippen LogP contribution is 2.43. The third kappa shape index (κ3) is 1.93. The van der Waals surface area contributed by atoms with Gasteiger partial charge in [0, 0.05) is 22.7 Å². The van der Waals surface area contributed by atoms with Crippen molar-refractivity contribution in [2.45, 2.75) is 44.9 Å². The van der Waals surface area contributed by atoms with Crippen molar-refractivity contribution in [2.75, 3.05) is 11.9 Å². The number of fused-ring (bicyclic) bond motifs is 1. The molecule has 1 nitrogen and oxygen atoms in total. The van der Waals surface area contributed by atoms with Crippen LogP contribution in [-0.4, -0.2) is 6.54 Å². The van der Waals surface area contributed by atoms with E-state index in [9.17, 15) is 0 Å². The van der Waals surface area contributed by atoms with Gasteiger partial charge in [-0.2, -0.15) is 0 Å². The van der Waals surface area contributed by atoms with E-state index >= 15 is 0 Å². The summed E-state index contributed by atoms with van der Waals surface area (Å²) >= 11 is 6.11. The maximum Gasteiger partial charge on any atom is 0.0410 e. The maximum atomic E-state index is 6.11. The molecule has 1 aliphatic heterocycles. The number of rotatable bonds is 4. The Morgan fingerprint density at radius 3 is 2.88 bits per heavy atom. The van der Waals surface area contributed by atoms with Crippen molar-refractivity contribution in [1.82, 2.24) is 0 Å². The van der Waals surface area contributed by atoms with Crippen LogP contribution in [0.2, 0.25) is 5.02 Å². The minimum atomic E-state index is 0.316. The molecule has 1 aromatic carbocycles. The molecule has 1 unspecified atom stereocenters. The first-order valence-corrected chi connectivity index (χ1v) is 6.63. The third-order valence-electron chi connectivity index (χ3n) is 3.86. The van der Waals surface area contributed by atoms with Gasteiger partial charge in [0.1, 0.15) is 0 Å². The van der Waals surface area contributed by atoms with Crippen LogP contribution in [0.1, 0.15) is 45.1 Å². The van der Waals surface area contributed by atoms with E-state index < -0.39 is 0 Å². The smallest absolute Gasteiger partial charge is 0.0410 e. The van der Waals surface area contributed by atoms with Gasteiger partial charge < -0.3 is 5.32 Å². The topological polar surface area (TPSA) is 12.0 Å². The monoisotopic (exact) mass is 237 g/mol. The van der Waals surface area contributed by atoms with Crippen LogP contribution in [0.4, 0.5) is 5.69 Å². The van der Waals surface area contributed by atoms with E-state index in [2.05, 4.69) is 31.3 Å². The van der Waals surface area contributed by atoms with Crippen LogP contribution in [0.3, 0.4) is 0 Å². The summed E-state index contributed by atoms with van der Waals surface area (Å²) < 4.78 is 0. The molecule has 1 N–H and O–H groups in total. The molecule has 1 atom stereocenters. The van der Waals surface area contributed by atoms with Crippen molar-refractivity contribution in [3.8, 4) is 0 Å². The molecule has 0 aromatic heterocycles. The molecule has 88 valence electrons. The molecule has 0 amide bonds. The van der Waals surface area contributed by atoms with Crippen LogP contribution in [-0.2, 0) is 5.41 Å². The van der Waals surface area contributed by atoms with Crippen LogP contribution >= 0.6 is 11.6 Å². The highest BCUT2D eigenvalue weighted by Gasteiger charge is 2.36. The van der Waals surface area contributed by atoms with Crippen molar-refractivity contribution in [1.29, 1.82) is 0 Å². The molecule has 16 heavy (non-hydrogen) atoms. The zero-order valence-corrected chi connectivity index (χ0v) is 10.9. The van der Waals surface area contributed by atoms with Gasteiger partial charge in [-0.15, -0.1) is 0 Å². The van der Waals surface area contributed by atoms with E-state index in [0.717, 1.165) is 11.6 Å². The van der Waals surface area contributed by atoms with Crippen LogP contribution in [0.5, 0.6) is 0 Å². The van der Waals surface area contributed by atoms with Gasteiger partial charge in [0.2, 0.25) is 0 Å². The summed E-state index contributed by atoms with van der Waals surface area (Å²) in [5, 5.41) is 4.38. The van der Waals surface area contributed by atoms with Crippen molar-refractivity contribution < 1.29 is 0 Å². The van der Waals surface area contributed by atoms with Gasteiger partial charge in [-0.05, 0) is 36.6 Å². The number of hydrogen-bond donors (Lipinski definition) is 1. The lowest BCUT2D eigenvalue weighted by Gasteiger charge is -2.28. The Hall–Kier alpha value is -0.690. The molecule has 2 rings (SSSR count). The van der Waals surface area contributed by atoms with Crippen LogP contribution in [0.15, 0.2) is 18.2 Å². The Morgan fingerprint density at radius 1 is 1.38 bits per heavy atom. The predicted octanol–water partition coefficient (Wildman–Crippen LogP) is 4.60. The molecule has 1 aliphatic rings. The minimum absolute atomic E-state index is 0.316. The fourth-order valence-corrected chi connectivity index (χ4v) is 2.87. The lowest BCUT2D eigenvalue weighted by atomic mass is 9.76. The van der Waals surface area contributed by atoms with Crippen molar-refractivity contribution in [2.24, 2.45) is 0 Å². The number of hydrogen-bond acceptors (Lipinski definition) is 1. The Balaban J connectivity index is 2.34. The molecular formula is C14H20ClN. The van der Waals surface area contributed by atoms with E-state index in [1.54, 1.807) is 0 Å². The molecule has 0 spiro atoms. The van der Waals surface area contributed by atoms with E-state index in [4.69, 9.17) is 11.6 Å². The number of halogens is 1. The number of benzene rings is 1. The highest BCUT2D eigenvalue weighted by molar-refractivity contribution is 6.30. The largest absolute Gasteiger partial charge is 0.384 e. The van der Waals surface area contributed by atoms with E-state index in [-0.39, 0.29) is 0 Å². The fraction of sp³-hybridized carbons (Fsp3) is 0.571. The lowest BCUT2D eigenvalue weighted by molar-refractivity contribution is 0.402. The SMILES string of the molecule is CCCCC1(CC)CNc2ccc(Cl)cc21. The van der Waals surface area contributed by atoms with Gasteiger partial charge in [0.05, 0.1) is 0 Å². The first-order chi connectivity index (χ1) is 7.72. The number of unbranched alkanes of at least 4 members (excludes halogenated alkanes) is 1. The van der Waals surface area contributed by atoms with E-state index in [0.29, 0.717) is 5.41 Å². The van der Waals surface area contributed by atoms with Gasteiger partial charge in [-0.1, -0.05) is 38.3 Å². The second-order valence-corrected chi connectivity index (χ2v) is 5.22. The molecule has 0 fully saturated rings. The minimum Gasteiger partial charge on any atom is -0.384 e. The van der Waals surface area contributed by atoms with Gasteiger partial charge in [0.15, 0.2) is 0 Å². The van der Waals surface area contributed by atoms with E-state index in [1.165, 1.54) is 36.9 Å². The summed E-state index contributed by atoms with van der Waals surface area (Å²) in [5.74, 6) is 0. The molecule has 0 saturated carbocycles. The first kappa shape index (κ1) is 11.8. The lowest BCUT2D eigenvalue weighted by Crippen LogP contribution is -2.27. The average Bonchev–Trinajstić information content (AvgIpc) is 2.66. The quantitative estimate of drug-likeness (QED) is 0.807.